The minimum absolute atomic E-state index is 0.0558. The van der Waals surface area contributed by atoms with Crippen LogP contribution in [0.4, 0.5) is 0 Å². The van der Waals surface area contributed by atoms with Crippen molar-refractivity contribution in [3.63, 3.8) is 0 Å². The summed E-state index contributed by atoms with van der Waals surface area (Å²) >= 11 is 0. The molecule has 0 radical (unpaired) electrons. The first-order chi connectivity index (χ1) is 11.0. The van der Waals surface area contributed by atoms with E-state index < -0.39 is 5.97 Å². The molecule has 2 saturated carbocycles. The Labute approximate surface area is 135 Å². The molecule has 1 amide bonds. The Bertz CT molecular complexity index is 610. The number of amides is 1. The molecule has 1 aromatic rings. The molecule has 0 aromatic carbocycles. The maximum Gasteiger partial charge on any atom is 0.354 e. The predicted octanol–water partition coefficient (Wildman–Crippen LogP) is 2.20. The highest BCUT2D eigenvalue weighted by Crippen LogP contribution is 2.59. The Morgan fingerprint density at radius 3 is 2.65 bits per heavy atom. The second kappa shape index (κ2) is 5.92. The lowest BCUT2D eigenvalue weighted by Gasteiger charge is -2.63. The summed E-state index contributed by atoms with van der Waals surface area (Å²) in [5.41, 5.74) is 0.487. The number of carbonyl (C=O) groups is 2. The third kappa shape index (κ3) is 2.51. The summed E-state index contributed by atoms with van der Waals surface area (Å²) in [7, 11) is 1.82. The number of carbonyl (C=O) groups excluding carboxylic acids is 1. The number of hydrogen-bond acceptors (Lipinski definition) is 4. The van der Waals surface area contributed by atoms with Crippen molar-refractivity contribution in [3.05, 3.63) is 29.6 Å². The van der Waals surface area contributed by atoms with Crippen LogP contribution < -0.4 is 0 Å². The van der Waals surface area contributed by atoms with Crippen LogP contribution >= 0.6 is 0 Å². The Kier molecular flexibility index (Phi) is 4.10. The molecule has 2 aliphatic rings. The molecule has 2 atom stereocenters. The third-order valence-corrected chi connectivity index (χ3v) is 5.41. The number of carboxylic acid groups (broad SMARTS) is 1. The van der Waals surface area contributed by atoms with E-state index in [0.29, 0.717) is 12.2 Å². The summed E-state index contributed by atoms with van der Waals surface area (Å²) in [6.45, 7) is 2.71. The molecule has 1 heterocycles. The van der Waals surface area contributed by atoms with E-state index in [9.17, 15) is 9.59 Å². The van der Waals surface area contributed by atoms with E-state index in [1.165, 1.54) is 24.8 Å². The summed E-state index contributed by atoms with van der Waals surface area (Å²) in [6, 6.07) is 3.09. The van der Waals surface area contributed by atoms with Crippen LogP contribution in [-0.2, 0) is 4.74 Å². The highest BCUT2D eigenvalue weighted by Gasteiger charge is 2.60. The van der Waals surface area contributed by atoms with Gasteiger partial charge in [-0.25, -0.2) is 9.78 Å². The molecule has 6 heteroatoms. The number of ether oxygens (including phenoxy) is 1. The van der Waals surface area contributed by atoms with E-state index in [-0.39, 0.29) is 29.2 Å². The molecule has 0 saturated heterocycles. The molecule has 3 rings (SSSR count). The van der Waals surface area contributed by atoms with Crippen molar-refractivity contribution in [3.8, 4) is 0 Å². The van der Waals surface area contributed by atoms with E-state index in [1.807, 2.05) is 14.0 Å². The zero-order chi connectivity index (χ0) is 16.6. The van der Waals surface area contributed by atoms with Crippen LogP contribution in [0.25, 0.3) is 0 Å². The van der Waals surface area contributed by atoms with Crippen molar-refractivity contribution < 1.29 is 19.4 Å². The lowest BCUT2D eigenvalue weighted by Crippen LogP contribution is -2.67. The number of aromatic carboxylic acids is 1. The fraction of sp³-hybridized carbons (Fsp3) is 0.588. The third-order valence-electron chi connectivity index (χ3n) is 5.41. The Morgan fingerprint density at radius 1 is 1.43 bits per heavy atom. The average molecular weight is 318 g/mol. The maximum absolute atomic E-state index is 12.7. The standard InChI is InChI=1S/C17H22N2O4/c1-3-23-14-9-13(17(14)7-4-8-17)19(2)15(20)11-5-6-12(16(21)22)18-10-11/h5-6,10,13-14H,3-4,7-9H2,1-2H3,(H,21,22). The molecule has 0 bridgehead atoms. The van der Waals surface area contributed by atoms with Gasteiger partial charge in [-0.15, -0.1) is 0 Å². The number of carboxylic acids is 1. The van der Waals surface area contributed by atoms with Crippen molar-refractivity contribution >= 4 is 11.9 Å². The van der Waals surface area contributed by atoms with E-state index in [0.717, 1.165) is 19.3 Å². The Hall–Kier alpha value is -1.95. The van der Waals surface area contributed by atoms with Crippen molar-refractivity contribution in [2.75, 3.05) is 13.7 Å². The smallest absolute Gasteiger partial charge is 0.354 e. The predicted molar refractivity (Wildman–Crippen MR) is 83.4 cm³/mol. The van der Waals surface area contributed by atoms with E-state index in [2.05, 4.69) is 4.98 Å². The fourth-order valence-corrected chi connectivity index (χ4v) is 3.94. The lowest BCUT2D eigenvalue weighted by atomic mass is 9.50. The molecule has 2 aliphatic carbocycles. The fourth-order valence-electron chi connectivity index (χ4n) is 3.94. The molecule has 1 spiro atoms. The molecular weight excluding hydrogens is 296 g/mol. The number of pyridine rings is 1. The van der Waals surface area contributed by atoms with Crippen LogP contribution in [0.3, 0.4) is 0 Å². The minimum atomic E-state index is -1.09. The lowest BCUT2D eigenvalue weighted by molar-refractivity contribution is -0.192. The van der Waals surface area contributed by atoms with Crippen molar-refractivity contribution in [1.82, 2.24) is 9.88 Å². The van der Waals surface area contributed by atoms with Gasteiger partial charge in [0, 0.05) is 31.3 Å². The maximum atomic E-state index is 12.7. The normalized spacial score (nSPS) is 24.6. The first kappa shape index (κ1) is 15.9. The summed E-state index contributed by atoms with van der Waals surface area (Å²) in [4.78, 5) is 29.1. The van der Waals surface area contributed by atoms with Gasteiger partial charge >= 0.3 is 5.97 Å². The van der Waals surface area contributed by atoms with Crippen LogP contribution in [0.1, 0.15) is 53.5 Å². The topological polar surface area (TPSA) is 79.7 Å². The van der Waals surface area contributed by atoms with Gasteiger partial charge in [0.05, 0.1) is 11.7 Å². The first-order valence-electron chi connectivity index (χ1n) is 8.07. The first-order valence-corrected chi connectivity index (χ1v) is 8.07. The van der Waals surface area contributed by atoms with Gasteiger partial charge in [-0.3, -0.25) is 4.79 Å². The van der Waals surface area contributed by atoms with Gasteiger partial charge < -0.3 is 14.7 Å². The summed E-state index contributed by atoms with van der Waals surface area (Å²) in [5, 5.41) is 8.87. The highest BCUT2D eigenvalue weighted by molar-refractivity contribution is 5.95. The molecule has 2 fully saturated rings. The quantitative estimate of drug-likeness (QED) is 0.900. The van der Waals surface area contributed by atoms with Gasteiger partial charge in [-0.05, 0) is 38.3 Å². The summed E-state index contributed by atoms with van der Waals surface area (Å²) in [6.07, 6.45) is 5.88. The molecule has 0 aliphatic heterocycles. The van der Waals surface area contributed by atoms with E-state index in [1.54, 1.807) is 4.90 Å². The van der Waals surface area contributed by atoms with Gasteiger partial charge in [0.15, 0.2) is 0 Å². The number of hydrogen-bond donors (Lipinski definition) is 1. The number of aromatic nitrogens is 1. The second-order valence-electron chi connectivity index (χ2n) is 6.44. The zero-order valence-electron chi connectivity index (χ0n) is 13.5. The van der Waals surface area contributed by atoms with Crippen LogP contribution in [0.15, 0.2) is 18.3 Å². The minimum Gasteiger partial charge on any atom is -0.477 e. The Morgan fingerprint density at radius 2 is 2.17 bits per heavy atom. The highest BCUT2D eigenvalue weighted by atomic mass is 16.5. The van der Waals surface area contributed by atoms with Crippen molar-refractivity contribution in [2.45, 2.75) is 44.8 Å². The number of rotatable bonds is 5. The molecule has 6 nitrogen and oxygen atoms in total. The van der Waals surface area contributed by atoms with Crippen molar-refractivity contribution in [2.24, 2.45) is 5.41 Å². The Balaban J connectivity index is 1.71. The molecule has 23 heavy (non-hydrogen) atoms. The van der Waals surface area contributed by atoms with Crippen LogP contribution in [0.2, 0.25) is 0 Å². The van der Waals surface area contributed by atoms with Crippen LogP contribution in [0.5, 0.6) is 0 Å². The van der Waals surface area contributed by atoms with Gasteiger partial charge in [-0.2, -0.15) is 0 Å². The SMILES string of the molecule is CCOC1CC(N(C)C(=O)c2ccc(C(=O)O)nc2)C12CCC2. The van der Waals surface area contributed by atoms with Gasteiger partial charge in [0.2, 0.25) is 0 Å². The van der Waals surface area contributed by atoms with Gasteiger partial charge in [0.25, 0.3) is 5.91 Å². The molecule has 124 valence electrons. The number of nitrogens with zero attached hydrogens (tertiary/aromatic N) is 2. The molecular formula is C17H22N2O4. The van der Waals surface area contributed by atoms with Gasteiger partial charge in [-0.1, -0.05) is 6.42 Å². The average Bonchev–Trinajstić information content (AvgIpc) is 2.48. The molecule has 1 aromatic heterocycles. The summed E-state index contributed by atoms with van der Waals surface area (Å²) in [5.74, 6) is -1.20. The van der Waals surface area contributed by atoms with Crippen molar-refractivity contribution in [1.29, 1.82) is 0 Å². The van der Waals surface area contributed by atoms with Crippen LogP contribution in [-0.4, -0.2) is 52.7 Å². The summed E-state index contributed by atoms with van der Waals surface area (Å²) < 4.78 is 5.83. The zero-order valence-corrected chi connectivity index (χ0v) is 13.5. The molecule has 1 N–H and O–H groups in total. The largest absolute Gasteiger partial charge is 0.477 e. The monoisotopic (exact) mass is 318 g/mol. The van der Waals surface area contributed by atoms with Crippen LogP contribution in [0, 0.1) is 5.41 Å². The van der Waals surface area contributed by atoms with E-state index >= 15 is 0 Å². The molecule has 2 unspecified atom stereocenters. The van der Waals surface area contributed by atoms with Gasteiger partial charge in [0.1, 0.15) is 5.69 Å². The van der Waals surface area contributed by atoms with E-state index in [4.69, 9.17) is 9.84 Å². The second-order valence-corrected chi connectivity index (χ2v) is 6.44.